The molecule has 12 nitrogen and oxygen atoms in total. The second kappa shape index (κ2) is 11.8. The molecule has 0 aromatic heterocycles. The lowest BCUT2D eigenvalue weighted by Gasteiger charge is -2.26. The fourth-order valence-electron chi connectivity index (χ4n) is 5.45. The van der Waals surface area contributed by atoms with Crippen LogP contribution in [0.3, 0.4) is 0 Å². The Kier molecular flexibility index (Phi) is 7.63. The number of carbonyl (C=O) groups is 4. The van der Waals surface area contributed by atoms with E-state index in [4.69, 9.17) is 0 Å². The molecule has 3 heterocycles. The summed E-state index contributed by atoms with van der Waals surface area (Å²) in [7, 11) is 0. The van der Waals surface area contributed by atoms with E-state index in [1.54, 1.807) is 30.3 Å². The van der Waals surface area contributed by atoms with Gasteiger partial charge in [0.25, 0.3) is 17.5 Å². The number of nitro groups is 1. The Hall–Kier alpha value is -5.78. The van der Waals surface area contributed by atoms with Crippen LogP contribution in [0.15, 0.2) is 72.4 Å². The molecule has 0 saturated carbocycles. The van der Waals surface area contributed by atoms with Crippen LogP contribution in [0.4, 0.5) is 21.9 Å². The quantitative estimate of drug-likeness (QED) is 0.131. The summed E-state index contributed by atoms with van der Waals surface area (Å²) in [5.41, 5.74) is 4.57. The number of non-ortho nitro benzene ring substituents is 1. The first-order chi connectivity index (χ1) is 21.2. The highest BCUT2D eigenvalue weighted by Gasteiger charge is 2.30. The van der Waals surface area contributed by atoms with Gasteiger partial charge in [0.2, 0.25) is 5.91 Å². The van der Waals surface area contributed by atoms with Crippen molar-refractivity contribution in [2.45, 2.75) is 25.7 Å². The number of likely N-dealkylation sites (tertiary alicyclic amines) is 1. The van der Waals surface area contributed by atoms with Crippen molar-refractivity contribution in [2.75, 3.05) is 23.7 Å². The summed E-state index contributed by atoms with van der Waals surface area (Å²) in [6, 6.07) is 18.3. The molecular formula is C32H28N6O6. The van der Waals surface area contributed by atoms with Gasteiger partial charge in [-0.15, -0.1) is 0 Å². The second-order valence-corrected chi connectivity index (χ2v) is 10.7. The predicted molar refractivity (Wildman–Crippen MR) is 164 cm³/mol. The molecule has 3 aliphatic heterocycles. The maximum atomic E-state index is 13.3. The summed E-state index contributed by atoms with van der Waals surface area (Å²) < 4.78 is 0. The molecule has 5 amide bonds. The molecule has 44 heavy (non-hydrogen) atoms. The first kappa shape index (κ1) is 28.3. The zero-order valence-corrected chi connectivity index (χ0v) is 23.5. The lowest BCUT2D eigenvalue weighted by Crippen LogP contribution is -2.36. The van der Waals surface area contributed by atoms with Crippen LogP contribution in [-0.2, 0) is 20.8 Å². The molecule has 2 saturated heterocycles. The molecule has 0 aliphatic carbocycles. The van der Waals surface area contributed by atoms with Gasteiger partial charge in [-0.25, -0.2) is 4.79 Å². The number of fused-ring (bicyclic) bond motifs is 1. The van der Waals surface area contributed by atoms with E-state index in [1.807, 2.05) is 29.2 Å². The van der Waals surface area contributed by atoms with Gasteiger partial charge >= 0.3 is 6.03 Å². The van der Waals surface area contributed by atoms with Crippen LogP contribution < -0.4 is 21.3 Å². The summed E-state index contributed by atoms with van der Waals surface area (Å²) in [4.78, 5) is 61.7. The van der Waals surface area contributed by atoms with Gasteiger partial charge < -0.3 is 20.9 Å². The van der Waals surface area contributed by atoms with Gasteiger partial charge in [-0.2, -0.15) is 0 Å². The van der Waals surface area contributed by atoms with Gasteiger partial charge in [0.1, 0.15) is 5.70 Å². The monoisotopic (exact) mass is 592 g/mol. The maximum Gasteiger partial charge on any atom is 0.326 e. The Morgan fingerprint density at radius 1 is 0.909 bits per heavy atom. The number of hydrogen-bond acceptors (Lipinski definition) is 7. The third-order valence-corrected chi connectivity index (χ3v) is 7.75. The summed E-state index contributed by atoms with van der Waals surface area (Å²) in [5, 5.41) is 22.3. The molecule has 4 N–H and O–H groups in total. The number of hydrogen-bond donors (Lipinski definition) is 4. The van der Waals surface area contributed by atoms with Crippen molar-refractivity contribution in [3.8, 4) is 0 Å². The zero-order valence-electron chi connectivity index (χ0n) is 23.5. The van der Waals surface area contributed by atoms with E-state index < -0.39 is 22.8 Å². The summed E-state index contributed by atoms with van der Waals surface area (Å²) >= 11 is 0. The van der Waals surface area contributed by atoms with Gasteiger partial charge in [-0.3, -0.25) is 29.8 Å². The van der Waals surface area contributed by atoms with E-state index in [0.29, 0.717) is 53.1 Å². The van der Waals surface area contributed by atoms with Crippen molar-refractivity contribution in [3.05, 3.63) is 105 Å². The van der Waals surface area contributed by atoms with E-state index >= 15 is 0 Å². The number of nitrogens with zero attached hydrogens (tertiary/aromatic N) is 2. The molecule has 222 valence electrons. The molecule has 0 bridgehead atoms. The Morgan fingerprint density at radius 3 is 2.36 bits per heavy atom. The normalized spacial score (nSPS) is 18.1. The highest BCUT2D eigenvalue weighted by molar-refractivity contribution is 6.37. The first-order valence-electron chi connectivity index (χ1n) is 14.2. The third kappa shape index (κ3) is 5.91. The number of urea groups is 1. The molecule has 2 fully saturated rings. The average molecular weight is 593 g/mol. The summed E-state index contributed by atoms with van der Waals surface area (Å²) in [6.07, 6.45) is 4.77. The van der Waals surface area contributed by atoms with Crippen LogP contribution in [0, 0.1) is 10.1 Å². The minimum atomic E-state index is -0.586. The van der Waals surface area contributed by atoms with E-state index in [1.165, 1.54) is 18.2 Å². The number of anilines is 2. The Morgan fingerprint density at radius 2 is 1.68 bits per heavy atom. The maximum absolute atomic E-state index is 13.3. The molecular weight excluding hydrogens is 564 g/mol. The van der Waals surface area contributed by atoms with Crippen LogP contribution in [-0.4, -0.2) is 46.7 Å². The van der Waals surface area contributed by atoms with Gasteiger partial charge in [0.15, 0.2) is 0 Å². The lowest BCUT2D eigenvalue weighted by atomic mass is 9.98. The molecule has 3 aromatic carbocycles. The number of nitrogens with one attached hydrogen (secondary N) is 4. The molecule has 6 rings (SSSR count). The molecule has 3 aromatic rings. The van der Waals surface area contributed by atoms with Crippen LogP contribution in [0.2, 0.25) is 0 Å². The highest BCUT2D eigenvalue weighted by Crippen LogP contribution is 2.39. The van der Waals surface area contributed by atoms with Gasteiger partial charge in [0.05, 0.1) is 16.2 Å². The number of piperidine rings is 1. The van der Waals surface area contributed by atoms with Crippen molar-refractivity contribution in [2.24, 2.45) is 0 Å². The second-order valence-electron chi connectivity index (χ2n) is 10.7. The Balaban J connectivity index is 1.32. The van der Waals surface area contributed by atoms with Crippen molar-refractivity contribution in [1.82, 2.24) is 15.5 Å². The highest BCUT2D eigenvalue weighted by atomic mass is 16.6. The molecule has 0 atom stereocenters. The van der Waals surface area contributed by atoms with Crippen molar-refractivity contribution < 1.29 is 24.1 Å². The third-order valence-electron chi connectivity index (χ3n) is 7.75. The summed E-state index contributed by atoms with van der Waals surface area (Å²) in [6.45, 7) is 1.41. The molecule has 0 spiro atoms. The van der Waals surface area contributed by atoms with Crippen LogP contribution in [0.1, 0.15) is 41.5 Å². The van der Waals surface area contributed by atoms with E-state index in [9.17, 15) is 29.3 Å². The van der Waals surface area contributed by atoms with Gasteiger partial charge in [-0.1, -0.05) is 36.4 Å². The van der Waals surface area contributed by atoms with Crippen LogP contribution in [0.25, 0.3) is 17.3 Å². The van der Waals surface area contributed by atoms with E-state index in [-0.39, 0.29) is 22.9 Å². The SMILES string of the molecule is O=C1NC(=O)C(=Cc2ccc(NC(=C3C(=O)Nc4ccc([N+](=O)[O-])cc43)c3ccc(CCN4CCCCC4=O)cc3)cc2)N1. The fraction of sp³-hybridized carbons (Fsp3) is 0.188. The number of nitro benzene ring substituents is 1. The molecule has 0 radical (unpaired) electrons. The summed E-state index contributed by atoms with van der Waals surface area (Å²) in [5.74, 6) is -0.738. The minimum absolute atomic E-state index is 0.129. The lowest BCUT2D eigenvalue weighted by molar-refractivity contribution is -0.384. The average Bonchev–Trinajstić information content (AvgIpc) is 3.52. The van der Waals surface area contributed by atoms with Crippen LogP contribution >= 0.6 is 0 Å². The van der Waals surface area contributed by atoms with Gasteiger partial charge in [-0.05, 0) is 60.2 Å². The number of amides is 5. The zero-order chi connectivity index (χ0) is 30.8. The standard InChI is InChI=1S/C32H28N6O6/c39-27-3-1-2-15-37(27)16-14-19-4-8-21(9-5-19)29(28-24-18-23(38(43)44)12-13-25(24)34-31(28)41)33-22-10-6-20(7-11-22)17-26-30(40)36-32(42)35-26/h4-13,17-18,33H,1-3,14-16H2,(H,34,41)(H2,35,36,40,42). The molecule has 0 unspecified atom stereocenters. The minimum Gasteiger partial charge on any atom is -0.354 e. The van der Waals surface area contributed by atoms with Crippen molar-refractivity contribution in [1.29, 1.82) is 0 Å². The smallest absolute Gasteiger partial charge is 0.326 e. The van der Waals surface area contributed by atoms with Crippen molar-refractivity contribution >= 4 is 58.2 Å². The van der Waals surface area contributed by atoms with E-state index in [2.05, 4.69) is 21.3 Å². The predicted octanol–water partition coefficient (Wildman–Crippen LogP) is 4.26. The first-order valence-corrected chi connectivity index (χ1v) is 14.2. The Bertz CT molecular complexity index is 1760. The Labute approximate surface area is 252 Å². The number of carbonyl (C=O) groups excluding carboxylic acids is 4. The molecule has 3 aliphatic rings. The number of imide groups is 1. The number of benzene rings is 3. The largest absolute Gasteiger partial charge is 0.354 e. The van der Waals surface area contributed by atoms with E-state index in [0.717, 1.165) is 24.9 Å². The topological polar surface area (TPSA) is 163 Å². The fourth-order valence-corrected chi connectivity index (χ4v) is 5.45. The molecule has 12 heteroatoms. The van der Waals surface area contributed by atoms with Gasteiger partial charge in [0, 0.05) is 48.6 Å². The van der Waals surface area contributed by atoms with Crippen molar-refractivity contribution in [3.63, 3.8) is 0 Å². The number of rotatable bonds is 8. The van der Waals surface area contributed by atoms with Crippen LogP contribution in [0.5, 0.6) is 0 Å².